The van der Waals surface area contributed by atoms with Crippen molar-refractivity contribution in [1.29, 1.82) is 0 Å². The molecule has 0 radical (unpaired) electrons. The van der Waals surface area contributed by atoms with E-state index in [4.69, 9.17) is 0 Å². The largest absolute Gasteiger partial charge is 0.301 e. The van der Waals surface area contributed by atoms with Gasteiger partial charge in [-0.1, -0.05) is 41.6 Å². The fraction of sp³-hybridized carbons (Fsp3) is 0. The number of aromatic nitrogens is 3. The molecule has 0 fully saturated rings. The predicted molar refractivity (Wildman–Crippen MR) is 82.8 cm³/mol. The van der Waals surface area contributed by atoms with Crippen molar-refractivity contribution in [3.05, 3.63) is 83.3 Å². The summed E-state index contributed by atoms with van der Waals surface area (Å²) in [7, 11) is 0. The number of rotatable bonds is 3. The van der Waals surface area contributed by atoms with E-state index >= 15 is 0 Å². The molecule has 6 heteroatoms. The molecule has 0 amide bonds. The van der Waals surface area contributed by atoms with Crippen molar-refractivity contribution in [2.75, 3.05) is 10.9 Å². The third-order valence-corrected chi connectivity index (χ3v) is 2.41. The molecule has 1 heterocycles. The van der Waals surface area contributed by atoms with Crippen molar-refractivity contribution in [1.82, 2.24) is 15.4 Å². The molecule has 3 N–H and O–H groups in total. The normalized spacial score (nSPS) is 9.14. The Morgan fingerprint density at radius 1 is 0.762 bits per heavy atom. The summed E-state index contributed by atoms with van der Waals surface area (Å²) >= 11 is 0. The molecule has 106 valence electrons. The maximum atomic E-state index is 10.1. The smallest absolute Gasteiger partial charge is 0.267 e. The van der Waals surface area contributed by atoms with Crippen molar-refractivity contribution in [2.45, 2.75) is 0 Å². The van der Waals surface area contributed by atoms with Crippen molar-refractivity contribution < 1.29 is 0 Å². The van der Waals surface area contributed by atoms with Gasteiger partial charge in [0.2, 0.25) is 0 Å². The molecule has 0 aliphatic carbocycles. The van der Waals surface area contributed by atoms with Crippen LogP contribution in [0.4, 0.5) is 11.4 Å². The number of hydrazine groups is 1. The Hall–Kier alpha value is -3.15. The summed E-state index contributed by atoms with van der Waals surface area (Å²) in [6, 6.07) is 21.3. The van der Waals surface area contributed by atoms with E-state index in [1.165, 1.54) is 12.3 Å². The number of aromatic amines is 1. The van der Waals surface area contributed by atoms with Gasteiger partial charge in [0.15, 0.2) is 0 Å². The molecule has 6 nitrogen and oxygen atoms in total. The van der Waals surface area contributed by atoms with Gasteiger partial charge in [-0.15, -0.1) is 5.10 Å². The molecule has 1 aromatic heterocycles. The molecule has 0 atom stereocenters. The summed E-state index contributed by atoms with van der Waals surface area (Å²) in [6.07, 6.45) is 1.33. The minimum atomic E-state index is -0.227. The SMILES string of the molecule is O=c1ccnn[nH]1.c1ccc(NNc2ccccc2)cc1. The Morgan fingerprint density at radius 3 is 1.62 bits per heavy atom. The Balaban J connectivity index is 0.000000194. The second-order valence-corrected chi connectivity index (χ2v) is 3.99. The van der Waals surface area contributed by atoms with Crippen LogP contribution in [-0.2, 0) is 0 Å². The zero-order valence-corrected chi connectivity index (χ0v) is 11.2. The minimum Gasteiger partial charge on any atom is -0.301 e. The van der Waals surface area contributed by atoms with Crippen LogP contribution >= 0.6 is 0 Å². The zero-order chi connectivity index (χ0) is 14.8. The molecule has 0 aliphatic rings. The van der Waals surface area contributed by atoms with Crippen molar-refractivity contribution in [3.8, 4) is 0 Å². The summed E-state index contributed by atoms with van der Waals surface area (Å²) in [6.45, 7) is 0. The average molecular weight is 281 g/mol. The summed E-state index contributed by atoms with van der Waals surface area (Å²) in [4.78, 5) is 10.1. The Bertz CT molecular complexity index is 628. The van der Waals surface area contributed by atoms with E-state index in [0.717, 1.165) is 11.4 Å². The number of H-pyrrole nitrogens is 1. The van der Waals surface area contributed by atoms with E-state index < -0.39 is 0 Å². The van der Waals surface area contributed by atoms with Crippen molar-refractivity contribution in [3.63, 3.8) is 0 Å². The van der Waals surface area contributed by atoms with Gasteiger partial charge in [-0.05, 0) is 24.3 Å². The maximum absolute atomic E-state index is 10.1. The van der Waals surface area contributed by atoms with Gasteiger partial charge in [-0.3, -0.25) is 4.79 Å². The molecule has 2 aromatic carbocycles. The van der Waals surface area contributed by atoms with Gasteiger partial charge in [-0.25, -0.2) is 5.10 Å². The topological polar surface area (TPSA) is 82.7 Å². The lowest BCUT2D eigenvalue weighted by Gasteiger charge is -2.08. The molecule has 3 aromatic rings. The van der Waals surface area contributed by atoms with Gasteiger partial charge in [0.25, 0.3) is 5.56 Å². The molecule has 0 aliphatic heterocycles. The number of hydrogen-bond donors (Lipinski definition) is 3. The van der Waals surface area contributed by atoms with Gasteiger partial charge in [0.05, 0.1) is 17.6 Å². The summed E-state index contributed by atoms with van der Waals surface area (Å²) in [5.41, 5.74) is 8.10. The molecule has 21 heavy (non-hydrogen) atoms. The molecule has 3 rings (SSSR count). The second kappa shape index (κ2) is 8.11. The number of para-hydroxylation sites is 2. The van der Waals surface area contributed by atoms with Crippen LogP contribution in [0.1, 0.15) is 0 Å². The molecular formula is C15H15N5O. The van der Waals surface area contributed by atoms with Crippen molar-refractivity contribution in [2.24, 2.45) is 0 Å². The average Bonchev–Trinajstić information content (AvgIpc) is 2.56. The van der Waals surface area contributed by atoms with E-state index in [1.807, 2.05) is 60.7 Å². The standard InChI is InChI=1S/C12H12N2.C3H3N3O/c1-3-7-11(8-4-1)13-14-12-9-5-2-6-10-12;7-3-1-2-4-6-5-3/h1-10,13-14H;1-2H,(H,4,5,7). The molecular weight excluding hydrogens is 266 g/mol. The number of nitrogens with zero attached hydrogens (tertiary/aromatic N) is 2. The fourth-order valence-corrected chi connectivity index (χ4v) is 1.44. The Morgan fingerprint density at radius 2 is 1.29 bits per heavy atom. The van der Waals surface area contributed by atoms with Crippen LogP contribution in [0.15, 0.2) is 77.7 Å². The number of hydrogen-bond acceptors (Lipinski definition) is 5. The van der Waals surface area contributed by atoms with Crippen LogP contribution in [0.2, 0.25) is 0 Å². The molecule has 0 saturated heterocycles. The molecule has 0 saturated carbocycles. The quantitative estimate of drug-likeness (QED) is 0.642. The predicted octanol–water partition coefficient (Wildman–Crippen LogP) is 2.29. The van der Waals surface area contributed by atoms with E-state index in [1.54, 1.807) is 0 Å². The summed E-state index contributed by atoms with van der Waals surface area (Å²) in [5.74, 6) is 0. The third-order valence-electron chi connectivity index (χ3n) is 2.41. The van der Waals surface area contributed by atoms with Gasteiger partial charge in [-0.2, -0.15) is 0 Å². The van der Waals surface area contributed by atoms with Gasteiger partial charge in [0, 0.05) is 6.07 Å². The molecule has 0 bridgehead atoms. The van der Waals surface area contributed by atoms with Crippen LogP contribution in [0, 0.1) is 0 Å². The maximum Gasteiger partial charge on any atom is 0.267 e. The lowest BCUT2D eigenvalue weighted by atomic mass is 10.3. The minimum absolute atomic E-state index is 0.227. The van der Waals surface area contributed by atoms with Gasteiger partial charge in [0.1, 0.15) is 0 Å². The first-order valence-electron chi connectivity index (χ1n) is 6.33. The Labute approximate surface area is 121 Å². The van der Waals surface area contributed by atoms with Crippen LogP contribution in [0.5, 0.6) is 0 Å². The van der Waals surface area contributed by atoms with Gasteiger partial charge >= 0.3 is 0 Å². The third kappa shape index (κ3) is 5.56. The summed E-state index contributed by atoms with van der Waals surface area (Å²) in [5, 5.41) is 8.65. The van der Waals surface area contributed by atoms with E-state index in [9.17, 15) is 4.79 Å². The first-order valence-corrected chi connectivity index (χ1v) is 6.33. The van der Waals surface area contributed by atoms with E-state index in [-0.39, 0.29) is 5.56 Å². The highest BCUT2D eigenvalue weighted by Gasteiger charge is 1.88. The second-order valence-electron chi connectivity index (χ2n) is 3.99. The zero-order valence-electron chi connectivity index (χ0n) is 11.2. The first kappa shape index (κ1) is 14.3. The summed E-state index contributed by atoms with van der Waals surface area (Å²) < 4.78 is 0. The molecule has 0 spiro atoms. The monoisotopic (exact) mass is 281 g/mol. The van der Waals surface area contributed by atoms with Crippen LogP contribution in [-0.4, -0.2) is 15.4 Å². The fourth-order valence-electron chi connectivity index (χ4n) is 1.44. The highest BCUT2D eigenvalue weighted by Crippen LogP contribution is 2.08. The van der Waals surface area contributed by atoms with Crippen LogP contribution in [0.3, 0.4) is 0 Å². The lowest BCUT2D eigenvalue weighted by Crippen LogP contribution is -2.07. The first-order chi connectivity index (χ1) is 10.3. The van der Waals surface area contributed by atoms with Crippen LogP contribution < -0.4 is 16.4 Å². The highest BCUT2D eigenvalue weighted by molar-refractivity contribution is 5.51. The lowest BCUT2D eigenvalue weighted by molar-refractivity contribution is 0.840. The van der Waals surface area contributed by atoms with E-state index in [2.05, 4.69) is 26.3 Å². The number of nitrogens with one attached hydrogen (secondary N) is 3. The van der Waals surface area contributed by atoms with Crippen molar-refractivity contribution >= 4 is 11.4 Å². The van der Waals surface area contributed by atoms with E-state index in [0.29, 0.717) is 0 Å². The van der Waals surface area contributed by atoms with Gasteiger partial charge < -0.3 is 10.9 Å². The highest BCUT2D eigenvalue weighted by atomic mass is 16.1. The van der Waals surface area contributed by atoms with Crippen LogP contribution in [0.25, 0.3) is 0 Å². The Kier molecular flexibility index (Phi) is 5.51. The number of benzene rings is 2. The molecule has 0 unspecified atom stereocenters. The number of anilines is 2.